The van der Waals surface area contributed by atoms with Crippen molar-refractivity contribution in [3.63, 3.8) is 0 Å². The zero-order chi connectivity index (χ0) is 11.5. The first-order valence-electron chi connectivity index (χ1n) is 6.85. The highest BCUT2D eigenvalue weighted by atomic mass is 16.5. The number of hydrogen-bond acceptors (Lipinski definition) is 2. The Kier molecular flexibility index (Phi) is 3.44. The number of morpholine rings is 1. The van der Waals surface area contributed by atoms with Gasteiger partial charge in [0.2, 0.25) is 0 Å². The van der Waals surface area contributed by atoms with Crippen molar-refractivity contribution in [3.8, 4) is 0 Å². The summed E-state index contributed by atoms with van der Waals surface area (Å²) in [5, 5.41) is 3.39. The van der Waals surface area contributed by atoms with Crippen molar-refractivity contribution in [2.75, 3.05) is 19.7 Å². The Morgan fingerprint density at radius 3 is 3.06 bits per heavy atom. The van der Waals surface area contributed by atoms with Crippen molar-refractivity contribution in [3.05, 3.63) is 34.9 Å². The van der Waals surface area contributed by atoms with Gasteiger partial charge in [0.05, 0.1) is 12.7 Å². The molecule has 0 amide bonds. The molecule has 1 aliphatic carbocycles. The zero-order valence-corrected chi connectivity index (χ0v) is 10.4. The highest BCUT2D eigenvalue weighted by molar-refractivity contribution is 5.35. The molecule has 0 radical (unpaired) electrons. The second-order valence-electron chi connectivity index (χ2n) is 5.19. The lowest BCUT2D eigenvalue weighted by atomic mass is 10.0. The van der Waals surface area contributed by atoms with Crippen LogP contribution in [0.15, 0.2) is 18.2 Å². The van der Waals surface area contributed by atoms with Crippen molar-refractivity contribution in [1.82, 2.24) is 5.32 Å². The first-order valence-corrected chi connectivity index (χ1v) is 6.85. The van der Waals surface area contributed by atoms with Gasteiger partial charge in [-0.05, 0) is 48.8 Å². The Balaban J connectivity index is 1.57. The third-order valence-electron chi connectivity index (χ3n) is 3.92. The molecule has 2 aliphatic rings. The van der Waals surface area contributed by atoms with Gasteiger partial charge in [-0.25, -0.2) is 0 Å². The van der Waals surface area contributed by atoms with Crippen LogP contribution in [0.1, 0.15) is 29.5 Å². The van der Waals surface area contributed by atoms with Crippen LogP contribution in [0.5, 0.6) is 0 Å². The quantitative estimate of drug-likeness (QED) is 0.860. The number of fused-ring (bicyclic) bond motifs is 1. The smallest absolute Gasteiger partial charge is 0.0703 e. The molecule has 2 nitrogen and oxygen atoms in total. The summed E-state index contributed by atoms with van der Waals surface area (Å²) in [5.74, 6) is 0. The van der Waals surface area contributed by atoms with Gasteiger partial charge in [-0.1, -0.05) is 18.2 Å². The molecule has 1 atom stereocenters. The third kappa shape index (κ3) is 2.70. The van der Waals surface area contributed by atoms with Gasteiger partial charge in [0.15, 0.2) is 0 Å². The minimum atomic E-state index is 0.414. The molecular weight excluding hydrogens is 210 g/mol. The average molecular weight is 231 g/mol. The topological polar surface area (TPSA) is 21.3 Å². The number of nitrogens with one attached hydrogen (secondary N) is 1. The molecule has 92 valence electrons. The zero-order valence-electron chi connectivity index (χ0n) is 10.4. The summed E-state index contributed by atoms with van der Waals surface area (Å²) in [4.78, 5) is 0. The van der Waals surface area contributed by atoms with Crippen LogP contribution in [-0.4, -0.2) is 25.8 Å². The van der Waals surface area contributed by atoms with E-state index in [9.17, 15) is 0 Å². The summed E-state index contributed by atoms with van der Waals surface area (Å²) in [6.07, 6.45) is 6.62. The molecule has 1 saturated heterocycles. The maximum Gasteiger partial charge on any atom is 0.0703 e. The SMILES string of the molecule is c1cc2c(cc1CCC1CNCCO1)CCC2. The molecule has 3 rings (SSSR count). The van der Waals surface area contributed by atoms with Crippen LogP contribution >= 0.6 is 0 Å². The number of benzene rings is 1. The Labute approximate surface area is 103 Å². The molecule has 0 aromatic heterocycles. The summed E-state index contributed by atoms with van der Waals surface area (Å²) in [5.41, 5.74) is 4.65. The van der Waals surface area contributed by atoms with E-state index in [1.165, 1.54) is 24.8 Å². The normalized spacial score (nSPS) is 23.6. The van der Waals surface area contributed by atoms with Crippen LogP contribution < -0.4 is 5.32 Å². The summed E-state index contributed by atoms with van der Waals surface area (Å²) in [7, 11) is 0. The summed E-state index contributed by atoms with van der Waals surface area (Å²) in [6.45, 7) is 2.90. The predicted octanol–water partition coefficient (Wildman–Crippen LogP) is 2.10. The van der Waals surface area contributed by atoms with E-state index in [1.54, 1.807) is 11.1 Å². The lowest BCUT2D eigenvalue weighted by molar-refractivity contribution is 0.0238. The molecule has 0 spiro atoms. The predicted molar refractivity (Wildman–Crippen MR) is 69.4 cm³/mol. The van der Waals surface area contributed by atoms with E-state index in [0.717, 1.165) is 32.5 Å². The minimum Gasteiger partial charge on any atom is -0.376 e. The van der Waals surface area contributed by atoms with Gasteiger partial charge < -0.3 is 10.1 Å². The summed E-state index contributed by atoms with van der Waals surface area (Å²) >= 11 is 0. The Morgan fingerprint density at radius 2 is 2.18 bits per heavy atom. The molecule has 1 unspecified atom stereocenters. The maximum atomic E-state index is 5.73. The minimum absolute atomic E-state index is 0.414. The van der Waals surface area contributed by atoms with Crippen LogP contribution in [0.25, 0.3) is 0 Å². The van der Waals surface area contributed by atoms with E-state index in [4.69, 9.17) is 4.74 Å². The van der Waals surface area contributed by atoms with Crippen LogP contribution in [0.3, 0.4) is 0 Å². The fourth-order valence-corrected chi connectivity index (χ4v) is 2.91. The fraction of sp³-hybridized carbons (Fsp3) is 0.600. The molecule has 1 heterocycles. The van der Waals surface area contributed by atoms with Crippen molar-refractivity contribution in [2.45, 2.75) is 38.2 Å². The van der Waals surface area contributed by atoms with Crippen molar-refractivity contribution in [2.24, 2.45) is 0 Å². The molecule has 1 fully saturated rings. The Bertz CT molecular complexity index is 383. The van der Waals surface area contributed by atoms with E-state index >= 15 is 0 Å². The third-order valence-corrected chi connectivity index (χ3v) is 3.92. The molecule has 1 N–H and O–H groups in total. The van der Waals surface area contributed by atoms with Gasteiger partial charge in [0.25, 0.3) is 0 Å². The van der Waals surface area contributed by atoms with Gasteiger partial charge in [0.1, 0.15) is 0 Å². The van der Waals surface area contributed by atoms with E-state index in [0.29, 0.717) is 6.10 Å². The average Bonchev–Trinajstić information content (AvgIpc) is 2.85. The first-order chi connectivity index (χ1) is 8.42. The van der Waals surface area contributed by atoms with Gasteiger partial charge in [-0.15, -0.1) is 0 Å². The van der Waals surface area contributed by atoms with E-state index in [1.807, 2.05) is 0 Å². The summed E-state index contributed by atoms with van der Waals surface area (Å²) < 4.78 is 5.73. The number of ether oxygens (including phenoxy) is 1. The Morgan fingerprint density at radius 1 is 1.24 bits per heavy atom. The molecule has 1 aromatic rings. The highest BCUT2D eigenvalue weighted by Gasteiger charge is 2.14. The Hall–Kier alpha value is -0.860. The molecule has 0 saturated carbocycles. The molecule has 1 aromatic carbocycles. The van der Waals surface area contributed by atoms with Crippen molar-refractivity contribution in [1.29, 1.82) is 0 Å². The maximum absolute atomic E-state index is 5.73. The van der Waals surface area contributed by atoms with Crippen molar-refractivity contribution < 1.29 is 4.74 Å². The largest absolute Gasteiger partial charge is 0.376 e. The summed E-state index contributed by atoms with van der Waals surface area (Å²) in [6, 6.07) is 7.05. The van der Waals surface area contributed by atoms with Crippen LogP contribution in [0, 0.1) is 0 Å². The van der Waals surface area contributed by atoms with E-state index < -0.39 is 0 Å². The second-order valence-corrected chi connectivity index (χ2v) is 5.19. The molecular formula is C15H21NO. The molecule has 1 aliphatic heterocycles. The first kappa shape index (κ1) is 11.2. The van der Waals surface area contributed by atoms with Gasteiger partial charge in [-0.3, -0.25) is 0 Å². The molecule has 2 heteroatoms. The standard InChI is InChI=1S/C15H21NO/c1-2-13-6-4-12(10-14(13)3-1)5-7-15-11-16-8-9-17-15/h4,6,10,15-16H,1-3,5,7-9,11H2. The number of hydrogen-bond donors (Lipinski definition) is 1. The van der Waals surface area contributed by atoms with Crippen LogP contribution in [0.2, 0.25) is 0 Å². The highest BCUT2D eigenvalue weighted by Crippen LogP contribution is 2.23. The second kappa shape index (κ2) is 5.19. The number of rotatable bonds is 3. The van der Waals surface area contributed by atoms with Crippen LogP contribution in [-0.2, 0) is 24.0 Å². The molecule has 0 bridgehead atoms. The molecule has 17 heavy (non-hydrogen) atoms. The van der Waals surface area contributed by atoms with Crippen LogP contribution in [0.4, 0.5) is 0 Å². The number of aryl methyl sites for hydroxylation is 3. The monoisotopic (exact) mass is 231 g/mol. The fourth-order valence-electron chi connectivity index (χ4n) is 2.91. The van der Waals surface area contributed by atoms with Gasteiger partial charge in [0, 0.05) is 13.1 Å². The van der Waals surface area contributed by atoms with Gasteiger partial charge in [-0.2, -0.15) is 0 Å². The van der Waals surface area contributed by atoms with Gasteiger partial charge >= 0.3 is 0 Å². The van der Waals surface area contributed by atoms with E-state index in [2.05, 4.69) is 23.5 Å². The van der Waals surface area contributed by atoms with E-state index in [-0.39, 0.29) is 0 Å². The lowest BCUT2D eigenvalue weighted by Crippen LogP contribution is -2.38. The lowest BCUT2D eigenvalue weighted by Gasteiger charge is -2.23. The van der Waals surface area contributed by atoms with Crippen molar-refractivity contribution >= 4 is 0 Å².